The second-order valence-electron chi connectivity index (χ2n) is 10.3. The average Bonchev–Trinajstić information content (AvgIpc) is 3.70. The van der Waals surface area contributed by atoms with Crippen molar-refractivity contribution in [2.45, 2.75) is 18.8 Å². The fourth-order valence-corrected chi connectivity index (χ4v) is 6.15. The molecular formula is C34H29N3O. The number of benzene rings is 4. The standard InChI is InChI=1S/C34H29N3O/c1-34(29-20-36-32-13-7-4-10-25(29)32,30-21-37-33-14-8-5-11-26(30)33)18-22-15-16-23(38-2)17-27(22)28-19-35-31-12-6-3-9-24(28)31/h3-17,19-21,35-37H,18H2,1-2H3. The molecule has 0 atom stereocenters. The monoisotopic (exact) mass is 495 g/mol. The molecule has 4 nitrogen and oxygen atoms in total. The van der Waals surface area contributed by atoms with Crippen molar-refractivity contribution in [2.75, 3.05) is 7.11 Å². The number of para-hydroxylation sites is 3. The number of fused-ring (bicyclic) bond motifs is 3. The van der Waals surface area contributed by atoms with Gasteiger partial charge in [-0.25, -0.2) is 0 Å². The Balaban J connectivity index is 1.47. The molecule has 0 saturated heterocycles. The van der Waals surface area contributed by atoms with E-state index in [4.69, 9.17) is 4.74 Å². The average molecular weight is 496 g/mol. The molecule has 0 aliphatic carbocycles. The summed E-state index contributed by atoms with van der Waals surface area (Å²) in [6, 6.07) is 32.1. The first-order chi connectivity index (χ1) is 18.7. The number of methoxy groups -OCH3 is 1. The van der Waals surface area contributed by atoms with Gasteiger partial charge >= 0.3 is 0 Å². The number of ether oxygens (including phenoxy) is 1. The lowest BCUT2D eigenvalue weighted by molar-refractivity contribution is 0.414. The highest BCUT2D eigenvalue weighted by Crippen LogP contribution is 2.44. The van der Waals surface area contributed by atoms with E-state index < -0.39 is 0 Å². The maximum absolute atomic E-state index is 5.69. The van der Waals surface area contributed by atoms with Crippen LogP contribution in [0.15, 0.2) is 110 Å². The second-order valence-corrected chi connectivity index (χ2v) is 10.3. The topological polar surface area (TPSA) is 56.6 Å². The van der Waals surface area contributed by atoms with E-state index in [0.29, 0.717) is 0 Å². The minimum Gasteiger partial charge on any atom is -0.497 e. The van der Waals surface area contributed by atoms with Crippen LogP contribution in [0.4, 0.5) is 0 Å². The van der Waals surface area contributed by atoms with Crippen molar-refractivity contribution in [2.24, 2.45) is 0 Å². The van der Waals surface area contributed by atoms with Gasteiger partial charge in [-0.2, -0.15) is 0 Å². The Morgan fingerprint density at radius 2 is 1.13 bits per heavy atom. The molecule has 4 aromatic carbocycles. The van der Waals surface area contributed by atoms with E-state index in [1.165, 1.54) is 44.0 Å². The van der Waals surface area contributed by atoms with Gasteiger partial charge in [0.05, 0.1) is 7.11 Å². The van der Waals surface area contributed by atoms with Crippen molar-refractivity contribution in [1.29, 1.82) is 0 Å². The van der Waals surface area contributed by atoms with Crippen LogP contribution in [-0.2, 0) is 11.8 Å². The Morgan fingerprint density at radius 1 is 0.605 bits per heavy atom. The van der Waals surface area contributed by atoms with E-state index in [-0.39, 0.29) is 5.41 Å². The smallest absolute Gasteiger partial charge is 0.119 e. The molecule has 38 heavy (non-hydrogen) atoms. The lowest BCUT2D eigenvalue weighted by atomic mass is 9.71. The molecule has 3 heterocycles. The molecule has 3 aromatic heterocycles. The van der Waals surface area contributed by atoms with E-state index in [0.717, 1.165) is 28.7 Å². The Labute approximate surface area is 221 Å². The summed E-state index contributed by atoms with van der Waals surface area (Å²) in [6.45, 7) is 2.38. The van der Waals surface area contributed by atoms with Crippen molar-refractivity contribution < 1.29 is 4.74 Å². The molecule has 0 saturated carbocycles. The van der Waals surface area contributed by atoms with E-state index in [2.05, 4.69) is 131 Å². The predicted molar refractivity (Wildman–Crippen MR) is 157 cm³/mol. The van der Waals surface area contributed by atoms with Crippen LogP contribution in [0.5, 0.6) is 5.75 Å². The van der Waals surface area contributed by atoms with Gasteiger partial charge in [-0.15, -0.1) is 0 Å². The highest BCUT2D eigenvalue weighted by molar-refractivity contribution is 5.97. The summed E-state index contributed by atoms with van der Waals surface area (Å²) in [6.07, 6.45) is 7.33. The summed E-state index contributed by atoms with van der Waals surface area (Å²) >= 11 is 0. The van der Waals surface area contributed by atoms with Gasteiger partial charge in [-0.1, -0.05) is 67.6 Å². The van der Waals surface area contributed by atoms with Crippen LogP contribution in [0, 0.1) is 0 Å². The molecule has 0 aliphatic heterocycles. The first kappa shape index (κ1) is 22.5. The number of hydrogen-bond donors (Lipinski definition) is 3. The summed E-state index contributed by atoms with van der Waals surface area (Å²) in [5, 5.41) is 3.72. The van der Waals surface area contributed by atoms with Crippen molar-refractivity contribution in [3.8, 4) is 16.9 Å². The van der Waals surface area contributed by atoms with Gasteiger partial charge < -0.3 is 19.7 Å². The summed E-state index contributed by atoms with van der Waals surface area (Å²) < 4.78 is 5.69. The Kier molecular flexibility index (Phi) is 5.15. The van der Waals surface area contributed by atoms with Gasteiger partial charge in [0, 0.05) is 62.3 Å². The van der Waals surface area contributed by atoms with Gasteiger partial charge in [0.2, 0.25) is 0 Å². The third-order valence-corrected chi connectivity index (χ3v) is 8.11. The van der Waals surface area contributed by atoms with Crippen molar-refractivity contribution in [3.05, 3.63) is 126 Å². The van der Waals surface area contributed by atoms with E-state index >= 15 is 0 Å². The zero-order chi connectivity index (χ0) is 25.7. The van der Waals surface area contributed by atoms with E-state index in [1.54, 1.807) is 7.11 Å². The van der Waals surface area contributed by atoms with Gasteiger partial charge in [0.1, 0.15) is 5.75 Å². The van der Waals surface area contributed by atoms with Crippen LogP contribution >= 0.6 is 0 Å². The minimum absolute atomic E-state index is 0.311. The summed E-state index contributed by atoms with van der Waals surface area (Å²) in [4.78, 5) is 10.5. The van der Waals surface area contributed by atoms with Crippen molar-refractivity contribution in [1.82, 2.24) is 15.0 Å². The molecule has 0 fully saturated rings. The Morgan fingerprint density at radius 3 is 1.74 bits per heavy atom. The van der Waals surface area contributed by atoms with Crippen molar-refractivity contribution in [3.63, 3.8) is 0 Å². The molecule has 0 radical (unpaired) electrons. The zero-order valence-corrected chi connectivity index (χ0v) is 21.5. The zero-order valence-electron chi connectivity index (χ0n) is 21.5. The Bertz CT molecular complexity index is 1840. The summed E-state index contributed by atoms with van der Waals surface area (Å²) in [5.41, 5.74) is 9.36. The lowest BCUT2D eigenvalue weighted by Gasteiger charge is -2.31. The Hall–Kier alpha value is -4.70. The van der Waals surface area contributed by atoms with Crippen LogP contribution < -0.4 is 4.74 Å². The molecule has 0 amide bonds. The van der Waals surface area contributed by atoms with Crippen LogP contribution in [0.2, 0.25) is 0 Å². The number of aromatic nitrogens is 3. The molecule has 7 aromatic rings. The van der Waals surface area contributed by atoms with Crippen LogP contribution in [0.1, 0.15) is 23.6 Å². The lowest BCUT2D eigenvalue weighted by Crippen LogP contribution is -2.26. The van der Waals surface area contributed by atoms with Gasteiger partial charge in [0.25, 0.3) is 0 Å². The van der Waals surface area contributed by atoms with E-state index in [1.807, 2.05) is 0 Å². The molecule has 0 spiro atoms. The van der Waals surface area contributed by atoms with Crippen LogP contribution in [-0.4, -0.2) is 22.1 Å². The number of nitrogens with one attached hydrogen (secondary N) is 3. The predicted octanol–water partition coefficient (Wildman–Crippen LogP) is 8.35. The normalized spacial score (nSPS) is 12.1. The third-order valence-electron chi connectivity index (χ3n) is 8.11. The number of hydrogen-bond acceptors (Lipinski definition) is 1. The number of H-pyrrole nitrogens is 3. The van der Waals surface area contributed by atoms with Gasteiger partial charge in [-0.05, 0) is 59.0 Å². The van der Waals surface area contributed by atoms with Gasteiger partial charge in [-0.3, -0.25) is 0 Å². The fourth-order valence-electron chi connectivity index (χ4n) is 6.15. The van der Waals surface area contributed by atoms with Gasteiger partial charge in [0.15, 0.2) is 0 Å². The largest absolute Gasteiger partial charge is 0.497 e. The first-order valence-corrected chi connectivity index (χ1v) is 13.0. The highest BCUT2D eigenvalue weighted by Gasteiger charge is 2.35. The fraction of sp³-hybridized carbons (Fsp3) is 0.118. The quantitative estimate of drug-likeness (QED) is 0.213. The van der Waals surface area contributed by atoms with Crippen LogP contribution in [0.25, 0.3) is 43.8 Å². The molecule has 0 aliphatic rings. The third kappa shape index (κ3) is 3.45. The van der Waals surface area contributed by atoms with Crippen LogP contribution in [0.3, 0.4) is 0 Å². The summed E-state index contributed by atoms with van der Waals surface area (Å²) in [7, 11) is 1.73. The maximum atomic E-state index is 5.69. The molecule has 186 valence electrons. The van der Waals surface area contributed by atoms with Crippen molar-refractivity contribution >= 4 is 32.7 Å². The molecule has 0 bridgehead atoms. The first-order valence-electron chi connectivity index (χ1n) is 13.0. The minimum atomic E-state index is -0.311. The molecule has 3 N–H and O–H groups in total. The molecule has 7 rings (SSSR count). The molecular weight excluding hydrogens is 466 g/mol. The molecule has 0 unspecified atom stereocenters. The molecule has 4 heteroatoms. The number of rotatable bonds is 6. The second kappa shape index (κ2) is 8.70. The van der Waals surface area contributed by atoms with E-state index in [9.17, 15) is 0 Å². The summed E-state index contributed by atoms with van der Waals surface area (Å²) in [5.74, 6) is 0.856. The highest BCUT2D eigenvalue weighted by atomic mass is 16.5. The SMILES string of the molecule is COc1ccc(CC(C)(c2c[nH]c3ccccc23)c2c[nH]c3ccccc23)c(-c2c[nH]c3ccccc23)c1. The number of aromatic amines is 3. The maximum Gasteiger partial charge on any atom is 0.119 e.